The summed E-state index contributed by atoms with van der Waals surface area (Å²) in [6.45, 7) is 2.35. The fraction of sp³-hybridized carbons (Fsp3) is 0.167. The lowest BCUT2D eigenvalue weighted by atomic mass is 10.0. The Bertz CT molecular complexity index is 1370. The topological polar surface area (TPSA) is 92.6 Å². The third-order valence-electron chi connectivity index (χ3n) is 5.50. The van der Waals surface area contributed by atoms with E-state index in [1.54, 1.807) is 6.20 Å². The number of nitrogens with zero attached hydrogens (tertiary/aromatic N) is 2. The highest BCUT2D eigenvalue weighted by molar-refractivity contribution is 6.32. The van der Waals surface area contributed by atoms with E-state index in [0.717, 1.165) is 33.2 Å². The molecule has 7 heteroatoms. The molecule has 0 aliphatic heterocycles. The van der Waals surface area contributed by atoms with Gasteiger partial charge < -0.3 is 15.5 Å². The van der Waals surface area contributed by atoms with E-state index >= 15 is 0 Å². The highest BCUT2D eigenvalue weighted by atomic mass is 35.5. The van der Waals surface area contributed by atoms with Crippen molar-refractivity contribution in [3.8, 4) is 16.9 Å². The van der Waals surface area contributed by atoms with Gasteiger partial charge in [0.2, 0.25) is 0 Å². The number of rotatable bonds is 6. The Balaban J connectivity index is 1.32. The number of H-pyrrole nitrogens is 2. The monoisotopic (exact) mass is 431 g/mol. The van der Waals surface area contributed by atoms with Gasteiger partial charge in [-0.3, -0.25) is 5.10 Å². The number of para-hydroxylation sites is 1. The van der Waals surface area contributed by atoms with Crippen LogP contribution in [0, 0.1) is 6.92 Å². The second kappa shape index (κ2) is 8.06. The molecular formula is C24H22ClN5O. The van der Waals surface area contributed by atoms with Gasteiger partial charge in [0, 0.05) is 34.1 Å². The quantitative estimate of drug-likeness (QED) is 0.329. The predicted molar refractivity (Wildman–Crippen MR) is 125 cm³/mol. The molecule has 0 saturated carbocycles. The molecule has 2 aromatic carbocycles. The van der Waals surface area contributed by atoms with Crippen molar-refractivity contribution in [1.29, 1.82) is 0 Å². The van der Waals surface area contributed by atoms with E-state index < -0.39 is 0 Å². The molecule has 0 aliphatic carbocycles. The van der Waals surface area contributed by atoms with Crippen LogP contribution in [-0.4, -0.2) is 32.8 Å². The summed E-state index contributed by atoms with van der Waals surface area (Å²) in [5.74, 6) is 0.637. The molecule has 0 radical (unpaired) electrons. The van der Waals surface area contributed by atoms with Crippen LogP contribution >= 0.6 is 11.6 Å². The van der Waals surface area contributed by atoms with E-state index in [2.05, 4.69) is 38.4 Å². The van der Waals surface area contributed by atoms with Crippen LogP contribution < -0.4 is 10.5 Å². The van der Waals surface area contributed by atoms with Crippen molar-refractivity contribution in [3.05, 3.63) is 77.3 Å². The predicted octanol–water partition coefficient (Wildman–Crippen LogP) is 5.02. The Morgan fingerprint density at radius 1 is 1.10 bits per heavy atom. The Hall–Kier alpha value is -3.35. The molecule has 6 nitrogen and oxygen atoms in total. The van der Waals surface area contributed by atoms with Crippen LogP contribution in [0.15, 0.2) is 60.9 Å². The number of fused-ring (bicyclic) bond motifs is 2. The molecule has 0 aliphatic rings. The number of benzene rings is 2. The maximum absolute atomic E-state index is 6.39. The average Bonchev–Trinajstić information content (AvgIpc) is 3.36. The molecular weight excluding hydrogens is 410 g/mol. The number of nitrogens with one attached hydrogen (secondary N) is 2. The first-order valence-corrected chi connectivity index (χ1v) is 10.5. The van der Waals surface area contributed by atoms with Gasteiger partial charge in [-0.15, -0.1) is 0 Å². The van der Waals surface area contributed by atoms with Crippen LogP contribution in [0.4, 0.5) is 0 Å². The van der Waals surface area contributed by atoms with Crippen molar-refractivity contribution in [3.63, 3.8) is 0 Å². The van der Waals surface area contributed by atoms with Crippen molar-refractivity contribution in [2.24, 2.45) is 5.73 Å². The van der Waals surface area contributed by atoms with Crippen molar-refractivity contribution >= 4 is 33.4 Å². The summed E-state index contributed by atoms with van der Waals surface area (Å²) < 4.78 is 5.97. The molecule has 5 aromatic rings. The summed E-state index contributed by atoms with van der Waals surface area (Å²) in [4.78, 5) is 7.60. The largest absolute Gasteiger partial charge is 0.490 e. The van der Waals surface area contributed by atoms with Gasteiger partial charge in [0.05, 0.1) is 17.4 Å². The fourth-order valence-corrected chi connectivity index (χ4v) is 4.08. The number of aromatic amines is 2. The third-order valence-corrected chi connectivity index (χ3v) is 5.80. The molecule has 0 unspecified atom stereocenters. The van der Waals surface area contributed by atoms with Gasteiger partial charge in [-0.25, -0.2) is 4.98 Å². The SMILES string of the molecule is Cc1n[nH]c2ccc(-c3cc(OC[C@@H](N)Cc4c[nH]c5ccccc45)cnc3Cl)cc12. The number of aromatic nitrogens is 4. The maximum Gasteiger partial charge on any atom is 0.138 e. The third kappa shape index (κ3) is 3.87. The van der Waals surface area contributed by atoms with Gasteiger partial charge >= 0.3 is 0 Å². The van der Waals surface area contributed by atoms with Crippen LogP contribution in [0.3, 0.4) is 0 Å². The number of hydrogen-bond donors (Lipinski definition) is 3. The Morgan fingerprint density at radius 3 is 2.87 bits per heavy atom. The average molecular weight is 432 g/mol. The Labute approximate surface area is 184 Å². The van der Waals surface area contributed by atoms with Gasteiger partial charge in [-0.1, -0.05) is 35.9 Å². The van der Waals surface area contributed by atoms with Gasteiger partial charge in [-0.2, -0.15) is 5.10 Å². The molecule has 0 bridgehead atoms. The van der Waals surface area contributed by atoms with Crippen molar-refractivity contribution in [2.45, 2.75) is 19.4 Å². The smallest absolute Gasteiger partial charge is 0.138 e. The summed E-state index contributed by atoms with van der Waals surface area (Å²) in [5.41, 5.74) is 12.4. The molecule has 3 heterocycles. The molecule has 0 saturated heterocycles. The summed E-state index contributed by atoms with van der Waals surface area (Å²) in [6.07, 6.45) is 4.36. The number of pyridine rings is 1. The first-order valence-electron chi connectivity index (χ1n) is 10.1. The first kappa shape index (κ1) is 19.6. The highest BCUT2D eigenvalue weighted by Crippen LogP contribution is 2.32. The molecule has 0 spiro atoms. The van der Waals surface area contributed by atoms with E-state index in [9.17, 15) is 0 Å². The van der Waals surface area contributed by atoms with Gasteiger partial charge in [-0.05, 0) is 48.7 Å². The van der Waals surface area contributed by atoms with Crippen molar-refractivity contribution in [2.75, 3.05) is 6.61 Å². The zero-order valence-electron chi connectivity index (χ0n) is 17.0. The van der Waals surface area contributed by atoms with Crippen LogP contribution in [-0.2, 0) is 6.42 Å². The number of hydrogen-bond acceptors (Lipinski definition) is 4. The van der Waals surface area contributed by atoms with E-state index in [1.807, 2.05) is 43.5 Å². The minimum absolute atomic E-state index is 0.150. The minimum atomic E-state index is -0.150. The van der Waals surface area contributed by atoms with Crippen molar-refractivity contribution in [1.82, 2.24) is 20.2 Å². The van der Waals surface area contributed by atoms with Crippen LogP contribution in [0.2, 0.25) is 5.15 Å². The Kier molecular flexibility index (Phi) is 5.10. The lowest BCUT2D eigenvalue weighted by Crippen LogP contribution is -2.30. The molecule has 0 amide bonds. The molecule has 156 valence electrons. The van der Waals surface area contributed by atoms with E-state index in [-0.39, 0.29) is 6.04 Å². The second-order valence-electron chi connectivity index (χ2n) is 7.71. The summed E-state index contributed by atoms with van der Waals surface area (Å²) in [7, 11) is 0. The molecule has 1 atom stereocenters. The lowest BCUT2D eigenvalue weighted by Gasteiger charge is -2.14. The minimum Gasteiger partial charge on any atom is -0.490 e. The normalized spacial score (nSPS) is 12.5. The van der Waals surface area contributed by atoms with E-state index in [1.165, 1.54) is 10.9 Å². The van der Waals surface area contributed by atoms with Gasteiger partial charge in [0.15, 0.2) is 0 Å². The summed E-state index contributed by atoms with van der Waals surface area (Å²) in [6, 6.07) is 16.0. The first-order chi connectivity index (χ1) is 15.1. The summed E-state index contributed by atoms with van der Waals surface area (Å²) in [5, 5.41) is 9.94. The second-order valence-corrected chi connectivity index (χ2v) is 8.07. The molecule has 31 heavy (non-hydrogen) atoms. The zero-order valence-corrected chi connectivity index (χ0v) is 17.8. The fourth-order valence-electron chi connectivity index (χ4n) is 3.87. The maximum atomic E-state index is 6.39. The number of nitrogens with two attached hydrogens (primary N) is 1. The summed E-state index contributed by atoms with van der Waals surface area (Å²) >= 11 is 6.39. The molecule has 0 fully saturated rings. The number of aryl methyl sites for hydroxylation is 1. The number of halogens is 1. The number of ether oxygens (including phenoxy) is 1. The Morgan fingerprint density at radius 2 is 1.97 bits per heavy atom. The van der Waals surface area contributed by atoms with Gasteiger partial charge in [0.25, 0.3) is 0 Å². The van der Waals surface area contributed by atoms with E-state index in [0.29, 0.717) is 23.9 Å². The van der Waals surface area contributed by atoms with E-state index in [4.69, 9.17) is 22.1 Å². The lowest BCUT2D eigenvalue weighted by molar-refractivity contribution is 0.287. The van der Waals surface area contributed by atoms with Crippen LogP contribution in [0.25, 0.3) is 32.9 Å². The molecule has 3 aromatic heterocycles. The zero-order chi connectivity index (χ0) is 21.4. The molecule has 5 rings (SSSR count). The van der Waals surface area contributed by atoms with Crippen molar-refractivity contribution < 1.29 is 4.74 Å². The molecule has 4 N–H and O–H groups in total. The van der Waals surface area contributed by atoms with Crippen LogP contribution in [0.5, 0.6) is 5.75 Å². The standard InChI is InChI=1S/C24H22ClN5O/c1-14-20-9-15(6-7-23(20)30-29-14)21-10-18(12-28-24(21)25)31-13-17(26)8-16-11-27-22-5-3-2-4-19(16)22/h2-7,9-12,17,27H,8,13,26H2,1H3,(H,29,30)/t17-/m0/s1. The highest BCUT2D eigenvalue weighted by Gasteiger charge is 2.13. The van der Waals surface area contributed by atoms with Gasteiger partial charge in [0.1, 0.15) is 17.5 Å². The van der Waals surface area contributed by atoms with Crippen LogP contribution in [0.1, 0.15) is 11.3 Å².